The zero-order valence-corrected chi connectivity index (χ0v) is 11.1. The normalized spacial score (nSPS) is 10.4. The van der Waals surface area contributed by atoms with E-state index >= 15 is 0 Å². The van der Waals surface area contributed by atoms with Gasteiger partial charge in [0.15, 0.2) is 0 Å². The van der Waals surface area contributed by atoms with E-state index in [0.29, 0.717) is 19.4 Å². The van der Waals surface area contributed by atoms with E-state index in [1.165, 1.54) is 0 Å². The lowest BCUT2D eigenvalue weighted by Crippen LogP contribution is -2.07. The first kappa shape index (κ1) is 13.4. The molecule has 3 heteroatoms. The number of halogens is 1. The average molecular weight is 285 g/mol. The molecule has 1 aromatic rings. The van der Waals surface area contributed by atoms with Crippen LogP contribution < -0.4 is 0 Å². The highest BCUT2D eigenvalue weighted by molar-refractivity contribution is 9.10. The number of carbonyl (C=O) groups is 1. The standard InChI is InChI=1S/C13H17BrO2/c1-2-8-16-9-7-13(15)10-11-3-5-12(14)6-4-11/h3-6H,2,7-10H2,1H3. The van der Waals surface area contributed by atoms with Gasteiger partial charge >= 0.3 is 0 Å². The molecule has 1 aromatic carbocycles. The van der Waals surface area contributed by atoms with E-state index in [0.717, 1.165) is 23.1 Å². The molecule has 0 aliphatic carbocycles. The maximum absolute atomic E-state index is 11.6. The van der Waals surface area contributed by atoms with Crippen molar-refractivity contribution in [2.24, 2.45) is 0 Å². The first-order valence-electron chi connectivity index (χ1n) is 5.56. The molecule has 0 N–H and O–H groups in total. The van der Waals surface area contributed by atoms with Crippen molar-refractivity contribution in [1.29, 1.82) is 0 Å². The minimum absolute atomic E-state index is 0.235. The van der Waals surface area contributed by atoms with Gasteiger partial charge < -0.3 is 4.74 Å². The molecule has 0 atom stereocenters. The van der Waals surface area contributed by atoms with Crippen molar-refractivity contribution in [1.82, 2.24) is 0 Å². The van der Waals surface area contributed by atoms with Gasteiger partial charge in [-0.05, 0) is 24.1 Å². The molecule has 0 fully saturated rings. The molecule has 1 rings (SSSR count). The van der Waals surface area contributed by atoms with Crippen LogP contribution in [-0.4, -0.2) is 19.0 Å². The number of hydrogen-bond acceptors (Lipinski definition) is 2. The zero-order chi connectivity index (χ0) is 11.8. The van der Waals surface area contributed by atoms with Crippen LogP contribution in [-0.2, 0) is 16.0 Å². The van der Waals surface area contributed by atoms with Gasteiger partial charge in [-0.3, -0.25) is 4.79 Å². The number of rotatable bonds is 7. The van der Waals surface area contributed by atoms with Gasteiger partial charge in [0.05, 0.1) is 6.61 Å². The van der Waals surface area contributed by atoms with Crippen LogP contribution in [0.3, 0.4) is 0 Å². The molecule has 0 heterocycles. The Balaban J connectivity index is 2.26. The van der Waals surface area contributed by atoms with Crippen LogP contribution >= 0.6 is 15.9 Å². The molecule has 0 amide bonds. The SMILES string of the molecule is CCCOCCC(=O)Cc1ccc(Br)cc1. The zero-order valence-electron chi connectivity index (χ0n) is 9.54. The Kier molecular flexibility index (Phi) is 6.34. The summed E-state index contributed by atoms with van der Waals surface area (Å²) in [5, 5.41) is 0. The first-order valence-corrected chi connectivity index (χ1v) is 6.35. The number of Topliss-reactive ketones (excluding diaryl/α,β-unsaturated/α-hetero) is 1. The Morgan fingerprint density at radius 1 is 1.25 bits per heavy atom. The summed E-state index contributed by atoms with van der Waals surface area (Å²) in [5.41, 5.74) is 1.06. The molecule has 0 radical (unpaired) electrons. The van der Waals surface area contributed by atoms with Crippen molar-refractivity contribution in [3.8, 4) is 0 Å². The second-order valence-corrected chi connectivity index (χ2v) is 4.62. The summed E-state index contributed by atoms with van der Waals surface area (Å²) < 4.78 is 6.32. The van der Waals surface area contributed by atoms with E-state index in [1.807, 2.05) is 24.3 Å². The predicted octanol–water partition coefficient (Wildman–Crippen LogP) is 3.38. The molecule has 0 spiro atoms. The molecular weight excluding hydrogens is 268 g/mol. The molecule has 0 saturated heterocycles. The molecule has 16 heavy (non-hydrogen) atoms. The van der Waals surface area contributed by atoms with Crippen LogP contribution in [0, 0.1) is 0 Å². The van der Waals surface area contributed by atoms with Crippen LogP contribution in [0.25, 0.3) is 0 Å². The van der Waals surface area contributed by atoms with E-state index < -0.39 is 0 Å². The summed E-state index contributed by atoms with van der Waals surface area (Å²) in [6.45, 7) is 3.35. The van der Waals surface area contributed by atoms with E-state index in [9.17, 15) is 4.79 Å². The van der Waals surface area contributed by atoms with Crippen molar-refractivity contribution in [3.05, 3.63) is 34.3 Å². The smallest absolute Gasteiger partial charge is 0.139 e. The lowest BCUT2D eigenvalue weighted by atomic mass is 10.1. The van der Waals surface area contributed by atoms with Gasteiger partial charge in [-0.1, -0.05) is 35.0 Å². The highest BCUT2D eigenvalue weighted by atomic mass is 79.9. The quantitative estimate of drug-likeness (QED) is 0.718. The molecule has 0 saturated carbocycles. The van der Waals surface area contributed by atoms with Crippen molar-refractivity contribution in [2.75, 3.05) is 13.2 Å². The molecule has 0 bridgehead atoms. The Morgan fingerprint density at radius 3 is 2.56 bits per heavy atom. The van der Waals surface area contributed by atoms with E-state index in [2.05, 4.69) is 22.9 Å². The maximum atomic E-state index is 11.6. The summed E-state index contributed by atoms with van der Waals surface area (Å²) in [4.78, 5) is 11.6. The molecule has 0 aliphatic rings. The number of ketones is 1. The highest BCUT2D eigenvalue weighted by Crippen LogP contribution is 2.11. The van der Waals surface area contributed by atoms with E-state index in [-0.39, 0.29) is 5.78 Å². The van der Waals surface area contributed by atoms with Gasteiger partial charge in [-0.2, -0.15) is 0 Å². The van der Waals surface area contributed by atoms with Gasteiger partial charge in [0.1, 0.15) is 5.78 Å². The van der Waals surface area contributed by atoms with Crippen LogP contribution in [0.5, 0.6) is 0 Å². The number of carbonyl (C=O) groups excluding carboxylic acids is 1. The lowest BCUT2D eigenvalue weighted by Gasteiger charge is -2.03. The fourth-order valence-corrected chi connectivity index (χ4v) is 1.62. The third-order valence-corrected chi connectivity index (χ3v) is 2.72. The lowest BCUT2D eigenvalue weighted by molar-refractivity contribution is -0.119. The van der Waals surface area contributed by atoms with Crippen molar-refractivity contribution < 1.29 is 9.53 Å². The second kappa shape index (κ2) is 7.58. The van der Waals surface area contributed by atoms with Crippen LogP contribution in [0.15, 0.2) is 28.7 Å². The molecule has 0 aliphatic heterocycles. The van der Waals surface area contributed by atoms with Gasteiger partial charge in [-0.15, -0.1) is 0 Å². The van der Waals surface area contributed by atoms with Gasteiger partial charge in [0.25, 0.3) is 0 Å². The molecule has 2 nitrogen and oxygen atoms in total. The number of ether oxygens (including phenoxy) is 1. The Morgan fingerprint density at radius 2 is 1.94 bits per heavy atom. The number of benzene rings is 1. The number of hydrogen-bond donors (Lipinski definition) is 0. The van der Waals surface area contributed by atoms with Crippen molar-refractivity contribution >= 4 is 21.7 Å². The molecule has 0 aromatic heterocycles. The van der Waals surface area contributed by atoms with Crippen LogP contribution in [0.2, 0.25) is 0 Å². The largest absolute Gasteiger partial charge is 0.381 e. The average Bonchev–Trinajstić information content (AvgIpc) is 2.28. The Labute approximate surface area is 105 Å². The predicted molar refractivity (Wildman–Crippen MR) is 68.6 cm³/mol. The minimum atomic E-state index is 0.235. The topological polar surface area (TPSA) is 26.3 Å². The van der Waals surface area contributed by atoms with Gasteiger partial charge in [-0.25, -0.2) is 0 Å². The summed E-state index contributed by atoms with van der Waals surface area (Å²) in [5.74, 6) is 0.235. The van der Waals surface area contributed by atoms with Crippen LogP contribution in [0.4, 0.5) is 0 Å². The Bertz CT molecular complexity index is 319. The third kappa shape index (κ3) is 5.42. The molecule has 0 unspecified atom stereocenters. The van der Waals surface area contributed by atoms with E-state index in [1.54, 1.807) is 0 Å². The second-order valence-electron chi connectivity index (χ2n) is 3.70. The summed E-state index contributed by atoms with van der Waals surface area (Å²) in [7, 11) is 0. The van der Waals surface area contributed by atoms with Crippen molar-refractivity contribution in [3.63, 3.8) is 0 Å². The first-order chi connectivity index (χ1) is 7.72. The fourth-order valence-electron chi connectivity index (χ4n) is 1.35. The third-order valence-electron chi connectivity index (χ3n) is 2.19. The Hall–Kier alpha value is -0.670. The fraction of sp³-hybridized carbons (Fsp3) is 0.462. The van der Waals surface area contributed by atoms with Gasteiger partial charge in [0, 0.05) is 23.9 Å². The summed E-state index contributed by atoms with van der Waals surface area (Å²) in [6, 6.07) is 7.84. The summed E-state index contributed by atoms with van der Waals surface area (Å²) >= 11 is 3.37. The van der Waals surface area contributed by atoms with Crippen LogP contribution in [0.1, 0.15) is 25.3 Å². The van der Waals surface area contributed by atoms with Gasteiger partial charge in [0.2, 0.25) is 0 Å². The highest BCUT2D eigenvalue weighted by Gasteiger charge is 2.03. The molecule has 88 valence electrons. The minimum Gasteiger partial charge on any atom is -0.381 e. The molecular formula is C13H17BrO2. The monoisotopic (exact) mass is 284 g/mol. The van der Waals surface area contributed by atoms with Crippen molar-refractivity contribution in [2.45, 2.75) is 26.2 Å². The summed E-state index contributed by atoms with van der Waals surface area (Å²) in [6.07, 6.45) is 2.01. The van der Waals surface area contributed by atoms with E-state index in [4.69, 9.17) is 4.74 Å². The maximum Gasteiger partial charge on any atom is 0.139 e.